The molecule has 96 valence electrons. The summed E-state index contributed by atoms with van der Waals surface area (Å²) in [5.41, 5.74) is 8.50. The molecule has 4 nitrogen and oxygen atoms in total. The average molecular weight is 236 g/mol. The second-order valence-corrected chi connectivity index (χ2v) is 5.09. The highest BCUT2D eigenvalue weighted by Crippen LogP contribution is 2.32. The Bertz CT molecular complexity index is 367. The maximum atomic E-state index is 5.98. The second-order valence-electron chi connectivity index (χ2n) is 5.09. The molecular weight excluding hydrogens is 212 g/mol. The van der Waals surface area contributed by atoms with Crippen molar-refractivity contribution in [1.82, 2.24) is 14.7 Å². The van der Waals surface area contributed by atoms with E-state index in [4.69, 9.17) is 5.73 Å². The molecule has 0 aliphatic heterocycles. The van der Waals surface area contributed by atoms with E-state index in [9.17, 15) is 0 Å². The Morgan fingerprint density at radius 1 is 1.59 bits per heavy atom. The van der Waals surface area contributed by atoms with Crippen LogP contribution in [0.5, 0.6) is 0 Å². The number of aryl methyl sites for hydroxylation is 1. The van der Waals surface area contributed by atoms with Gasteiger partial charge in [0.25, 0.3) is 0 Å². The topological polar surface area (TPSA) is 47.1 Å². The summed E-state index contributed by atoms with van der Waals surface area (Å²) in [5, 5.41) is 4.33. The standard InChI is InChI=1S/C13H24N4/c1-4-17(9-11-5-6-11)13(7-14)12-8-15-16(3)10(12)2/h8,11,13H,4-7,9,14H2,1-3H3. The van der Waals surface area contributed by atoms with E-state index in [0.29, 0.717) is 12.6 Å². The molecule has 1 saturated carbocycles. The largest absolute Gasteiger partial charge is 0.329 e. The summed E-state index contributed by atoms with van der Waals surface area (Å²) >= 11 is 0. The zero-order valence-corrected chi connectivity index (χ0v) is 11.2. The molecule has 1 unspecified atom stereocenters. The van der Waals surface area contributed by atoms with Crippen molar-refractivity contribution in [2.24, 2.45) is 18.7 Å². The van der Waals surface area contributed by atoms with Gasteiger partial charge in [0.2, 0.25) is 0 Å². The predicted octanol–water partition coefficient (Wildman–Crippen LogP) is 1.46. The van der Waals surface area contributed by atoms with Gasteiger partial charge in [0.05, 0.1) is 12.2 Å². The Morgan fingerprint density at radius 3 is 2.71 bits per heavy atom. The smallest absolute Gasteiger partial charge is 0.0540 e. The molecule has 0 aromatic carbocycles. The molecule has 1 fully saturated rings. The van der Waals surface area contributed by atoms with Gasteiger partial charge in [0.1, 0.15) is 0 Å². The molecule has 1 aliphatic rings. The van der Waals surface area contributed by atoms with Crippen LogP contribution in [0.1, 0.15) is 37.1 Å². The Morgan fingerprint density at radius 2 is 2.29 bits per heavy atom. The van der Waals surface area contributed by atoms with Crippen LogP contribution in [0.15, 0.2) is 6.20 Å². The Balaban J connectivity index is 2.15. The van der Waals surface area contributed by atoms with Gasteiger partial charge in [-0.3, -0.25) is 9.58 Å². The molecule has 2 rings (SSSR count). The third-order valence-electron chi connectivity index (χ3n) is 3.89. The van der Waals surface area contributed by atoms with Gasteiger partial charge in [0, 0.05) is 31.4 Å². The van der Waals surface area contributed by atoms with E-state index in [0.717, 1.165) is 12.5 Å². The van der Waals surface area contributed by atoms with Crippen LogP contribution in [0.4, 0.5) is 0 Å². The van der Waals surface area contributed by atoms with Gasteiger partial charge in [-0.1, -0.05) is 6.92 Å². The normalized spacial score (nSPS) is 17.7. The van der Waals surface area contributed by atoms with Crippen molar-refractivity contribution in [1.29, 1.82) is 0 Å². The maximum Gasteiger partial charge on any atom is 0.0540 e. The van der Waals surface area contributed by atoms with E-state index in [1.807, 2.05) is 17.9 Å². The number of nitrogens with zero attached hydrogens (tertiary/aromatic N) is 3. The van der Waals surface area contributed by atoms with E-state index in [2.05, 4.69) is 23.8 Å². The summed E-state index contributed by atoms with van der Waals surface area (Å²) in [6.45, 7) is 7.26. The molecule has 2 N–H and O–H groups in total. The third kappa shape index (κ3) is 2.69. The van der Waals surface area contributed by atoms with Crippen LogP contribution in [-0.4, -0.2) is 34.3 Å². The monoisotopic (exact) mass is 236 g/mol. The minimum absolute atomic E-state index is 0.328. The summed E-state index contributed by atoms with van der Waals surface area (Å²) in [6, 6.07) is 0.328. The van der Waals surface area contributed by atoms with Gasteiger partial charge in [0.15, 0.2) is 0 Å². The van der Waals surface area contributed by atoms with Gasteiger partial charge >= 0.3 is 0 Å². The number of rotatable bonds is 6. The zero-order valence-electron chi connectivity index (χ0n) is 11.2. The second kappa shape index (κ2) is 5.19. The van der Waals surface area contributed by atoms with E-state index in [1.165, 1.54) is 30.6 Å². The first kappa shape index (κ1) is 12.6. The quantitative estimate of drug-likeness (QED) is 0.813. The summed E-state index contributed by atoms with van der Waals surface area (Å²) in [4.78, 5) is 2.50. The van der Waals surface area contributed by atoms with Crippen LogP contribution in [0.3, 0.4) is 0 Å². The number of hydrogen-bond donors (Lipinski definition) is 1. The molecule has 17 heavy (non-hydrogen) atoms. The number of aromatic nitrogens is 2. The lowest BCUT2D eigenvalue weighted by molar-refractivity contribution is 0.203. The fourth-order valence-corrected chi connectivity index (χ4v) is 2.42. The van der Waals surface area contributed by atoms with Crippen molar-refractivity contribution < 1.29 is 0 Å². The van der Waals surface area contributed by atoms with Crippen molar-refractivity contribution in [2.75, 3.05) is 19.6 Å². The SMILES string of the molecule is CCN(CC1CC1)C(CN)c1cnn(C)c1C. The van der Waals surface area contributed by atoms with Gasteiger partial charge in [-0.05, 0) is 32.2 Å². The van der Waals surface area contributed by atoms with Crippen LogP contribution in [0, 0.1) is 12.8 Å². The third-order valence-corrected chi connectivity index (χ3v) is 3.89. The Kier molecular flexibility index (Phi) is 3.84. The van der Waals surface area contributed by atoms with Crippen LogP contribution < -0.4 is 5.73 Å². The lowest BCUT2D eigenvalue weighted by Gasteiger charge is -2.29. The number of hydrogen-bond acceptors (Lipinski definition) is 3. The highest BCUT2D eigenvalue weighted by molar-refractivity contribution is 5.21. The average Bonchev–Trinajstić information content (AvgIpc) is 3.09. The van der Waals surface area contributed by atoms with Crippen LogP contribution >= 0.6 is 0 Å². The molecule has 1 atom stereocenters. The first-order chi connectivity index (χ1) is 8.17. The molecule has 1 aromatic rings. The van der Waals surface area contributed by atoms with Gasteiger partial charge in [-0.15, -0.1) is 0 Å². The van der Waals surface area contributed by atoms with Crippen molar-refractivity contribution in [2.45, 2.75) is 32.7 Å². The van der Waals surface area contributed by atoms with E-state index >= 15 is 0 Å². The molecule has 0 spiro atoms. The van der Waals surface area contributed by atoms with E-state index < -0.39 is 0 Å². The molecule has 1 heterocycles. The van der Waals surface area contributed by atoms with Gasteiger partial charge in [-0.2, -0.15) is 5.10 Å². The fraction of sp³-hybridized carbons (Fsp3) is 0.769. The zero-order chi connectivity index (χ0) is 12.4. The summed E-state index contributed by atoms with van der Waals surface area (Å²) in [7, 11) is 1.99. The van der Waals surface area contributed by atoms with Crippen molar-refractivity contribution in [3.63, 3.8) is 0 Å². The lowest BCUT2D eigenvalue weighted by Crippen LogP contribution is -2.35. The maximum absolute atomic E-state index is 5.98. The van der Waals surface area contributed by atoms with Crippen LogP contribution in [-0.2, 0) is 7.05 Å². The van der Waals surface area contributed by atoms with Crippen LogP contribution in [0.25, 0.3) is 0 Å². The minimum Gasteiger partial charge on any atom is -0.329 e. The number of likely N-dealkylation sites (N-methyl/N-ethyl adjacent to an activating group) is 1. The molecule has 1 aliphatic carbocycles. The Labute approximate surface area is 104 Å². The molecule has 4 heteroatoms. The van der Waals surface area contributed by atoms with E-state index in [-0.39, 0.29) is 0 Å². The lowest BCUT2D eigenvalue weighted by atomic mass is 10.1. The summed E-state index contributed by atoms with van der Waals surface area (Å²) in [5.74, 6) is 0.904. The van der Waals surface area contributed by atoms with Gasteiger partial charge < -0.3 is 5.73 Å². The fourth-order valence-electron chi connectivity index (χ4n) is 2.42. The molecule has 1 aromatic heterocycles. The molecular formula is C13H24N4. The Hall–Kier alpha value is -0.870. The highest BCUT2D eigenvalue weighted by atomic mass is 15.3. The molecule has 0 radical (unpaired) electrons. The molecule has 0 amide bonds. The molecule has 0 saturated heterocycles. The van der Waals surface area contributed by atoms with Crippen molar-refractivity contribution in [3.05, 3.63) is 17.5 Å². The summed E-state index contributed by atoms with van der Waals surface area (Å²) < 4.78 is 1.93. The van der Waals surface area contributed by atoms with Gasteiger partial charge in [-0.25, -0.2) is 0 Å². The summed E-state index contributed by atoms with van der Waals surface area (Å²) in [6.07, 6.45) is 4.75. The van der Waals surface area contributed by atoms with Crippen molar-refractivity contribution in [3.8, 4) is 0 Å². The van der Waals surface area contributed by atoms with Crippen molar-refractivity contribution >= 4 is 0 Å². The first-order valence-corrected chi connectivity index (χ1v) is 6.60. The molecule has 0 bridgehead atoms. The highest BCUT2D eigenvalue weighted by Gasteiger charge is 2.28. The predicted molar refractivity (Wildman–Crippen MR) is 69.7 cm³/mol. The first-order valence-electron chi connectivity index (χ1n) is 6.60. The number of nitrogens with two attached hydrogens (primary N) is 1. The van der Waals surface area contributed by atoms with Crippen LogP contribution in [0.2, 0.25) is 0 Å². The minimum atomic E-state index is 0.328. The van der Waals surface area contributed by atoms with E-state index in [1.54, 1.807) is 0 Å².